The van der Waals surface area contributed by atoms with E-state index in [0.717, 1.165) is 17.7 Å². The van der Waals surface area contributed by atoms with Crippen LogP contribution in [-0.2, 0) is 13.1 Å². The Balaban J connectivity index is 2.40. The summed E-state index contributed by atoms with van der Waals surface area (Å²) in [7, 11) is 0. The van der Waals surface area contributed by atoms with Gasteiger partial charge in [-0.2, -0.15) is 0 Å². The van der Waals surface area contributed by atoms with E-state index in [-0.39, 0.29) is 0 Å². The molecule has 1 heterocycles. The van der Waals surface area contributed by atoms with Crippen LogP contribution in [0, 0.1) is 0 Å². The van der Waals surface area contributed by atoms with Crippen molar-refractivity contribution in [2.45, 2.75) is 13.1 Å². The molecule has 1 aromatic rings. The van der Waals surface area contributed by atoms with Gasteiger partial charge in [0, 0.05) is 13.1 Å². The third kappa shape index (κ3) is 1.54. The summed E-state index contributed by atoms with van der Waals surface area (Å²) in [6.07, 6.45) is 0. The lowest BCUT2D eigenvalue weighted by Crippen LogP contribution is -2.35. The van der Waals surface area contributed by atoms with Crippen LogP contribution in [0.15, 0.2) is 18.2 Å². The van der Waals surface area contributed by atoms with Gasteiger partial charge in [-0.15, -0.1) is 0 Å². The molecule has 1 aromatic carbocycles. The number of hydrogen-bond donors (Lipinski definition) is 3. The number of rotatable bonds is 1. The van der Waals surface area contributed by atoms with E-state index in [1.807, 2.05) is 6.07 Å². The van der Waals surface area contributed by atoms with Crippen LogP contribution in [0.4, 0.5) is 0 Å². The first kappa shape index (κ1) is 8.22. The van der Waals surface area contributed by atoms with Crippen LogP contribution < -0.4 is 10.9 Å². The zero-order valence-corrected chi connectivity index (χ0v) is 7.00. The molecule has 0 saturated carbocycles. The van der Waals surface area contributed by atoms with Crippen molar-refractivity contribution < 1.29 is 9.90 Å². The van der Waals surface area contributed by atoms with E-state index in [1.54, 1.807) is 12.1 Å². The number of aromatic carboxylic acids is 1. The fraction of sp³-hybridized carbons (Fsp3) is 0.222. The number of fused-ring (bicyclic) bond motifs is 1. The molecule has 3 N–H and O–H groups in total. The van der Waals surface area contributed by atoms with Crippen LogP contribution in [0.5, 0.6) is 0 Å². The molecule has 0 saturated heterocycles. The van der Waals surface area contributed by atoms with Gasteiger partial charge in [0.1, 0.15) is 0 Å². The van der Waals surface area contributed by atoms with Crippen molar-refractivity contribution in [3.8, 4) is 0 Å². The number of carboxylic acid groups (broad SMARTS) is 1. The third-order valence-corrected chi connectivity index (χ3v) is 2.14. The van der Waals surface area contributed by atoms with Crippen molar-refractivity contribution in [2.75, 3.05) is 0 Å². The van der Waals surface area contributed by atoms with E-state index < -0.39 is 5.97 Å². The molecule has 1 aliphatic rings. The predicted molar refractivity (Wildman–Crippen MR) is 47.1 cm³/mol. The molecule has 4 nitrogen and oxygen atoms in total. The molecule has 0 spiro atoms. The zero-order chi connectivity index (χ0) is 9.26. The van der Waals surface area contributed by atoms with Gasteiger partial charge in [-0.25, -0.2) is 4.79 Å². The predicted octanol–water partition coefficient (Wildman–Crippen LogP) is 0.493. The van der Waals surface area contributed by atoms with Crippen molar-refractivity contribution >= 4 is 5.97 Å². The molecular formula is C9H10N2O2. The standard InChI is InChI=1S/C9H10N2O2/c12-9(13)6-1-2-7-4-10-11-5-8(7)3-6/h1-3,10-11H,4-5H2,(H,12,13). The highest BCUT2D eigenvalue weighted by Gasteiger charge is 2.10. The van der Waals surface area contributed by atoms with Crippen LogP contribution in [-0.4, -0.2) is 11.1 Å². The molecule has 0 fully saturated rings. The molecule has 0 amide bonds. The monoisotopic (exact) mass is 178 g/mol. The van der Waals surface area contributed by atoms with E-state index in [1.165, 1.54) is 0 Å². The van der Waals surface area contributed by atoms with Gasteiger partial charge in [-0.3, -0.25) is 10.9 Å². The second-order valence-corrected chi connectivity index (χ2v) is 3.00. The Morgan fingerprint density at radius 2 is 1.92 bits per heavy atom. The summed E-state index contributed by atoms with van der Waals surface area (Å²) in [5.41, 5.74) is 8.52. The number of nitrogens with one attached hydrogen (secondary N) is 2. The molecule has 0 bridgehead atoms. The Kier molecular flexibility index (Phi) is 2.00. The summed E-state index contributed by atoms with van der Waals surface area (Å²) < 4.78 is 0. The van der Waals surface area contributed by atoms with Gasteiger partial charge < -0.3 is 5.11 Å². The lowest BCUT2D eigenvalue weighted by Gasteiger charge is -2.18. The van der Waals surface area contributed by atoms with Crippen molar-refractivity contribution in [1.29, 1.82) is 0 Å². The zero-order valence-electron chi connectivity index (χ0n) is 7.00. The van der Waals surface area contributed by atoms with E-state index in [4.69, 9.17) is 5.11 Å². The second-order valence-electron chi connectivity index (χ2n) is 3.00. The van der Waals surface area contributed by atoms with E-state index in [2.05, 4.69) is 10.9 Å². The fourth-order valence-corrected chi connectivity index (χ4v) is 1.41. The van der Waals surface area contributed by atoms with Gasteiger partial charge in [0.05, 0.1) is 5.56 Å². The Morgan fingerprint density at radius 3 is 2.62 bits per heavy atom. The molecule has 0 unspecified atom stereocenters. The molecule has 2 rings (SSSR count). The van der Waals surface area contributed by atoms with Crippen LogP contribution in [0.2, 0.25) is 0 Å². The number of benzene rings is 1. The highest BCUT2D eigenvalue weighted by molar-refractivity contribution is 5.87. The van der Waals surface area contributed by atoms with Crippen molar-refractivity contribution in [3.05, 3.63) is 34.9 Å². The smallest absolute Gasteiger partial charge is 0.335 e. The van der Waals surface area contributed by atoms with Gasteiger partial charge in [0.2, 0.25) is 0 Å². The van der Waals surface area contributed by atoms with Crippen molar-refractivity contribution in [3.63, 3.8) is 0 Å². The quantitative estimate of drug-likeness (QED) is 0.585. The summed E-state index contributed by atoms with van der Waals surface area (Å²) >= 11 is 0. The first-order chi connectivity index (χ1) is 6.27. The number of carbonyl (C=O) groups is 1. The second kappa shape index (κ2) is 3.16. The van der Waals surface area contributed by atoms with Gasteiger partial charge in [-0.05, 0) is 23.3 Å². The lowest BCUT2D eigenvalue weighted by atomic mass is 10.0. The van der Waals surface area contributed by atoms with Gasteiger partial charge in [0.15, 0.2) is 0 Å². The first-order valence-electron chi connectivity index (χ1n) is 4.08. The Morgan fingerprint density at radius 1 is 1.23 bits per heavy atom. The molecule has 13 heavy (non-hydrogen) atoms. The summed E-state index contributed by atoms with van der Waals surface area (Å²) in [4.78, 5) is 10.7. The van der Waals surface area contributed by atoms with Crippen molar-refractivity contribution in [1.82, 2.24) is 10.9 Å². The molecule has 0 atom stereocenters. The minimum absolute atomic E-state index is 0.349. The maximum Gasteiger partial charge on any atom is 0.335 e. The van der Waals surface area contributed by atoms with E-state index in [0.29, 0.717) is 12.1 Å². The van der Waals surface area contributed by atoms with Crippen LogP contribution in [0.1, 0.15) is 21.5 Å². The highest BCUT2D eigenvalue weighted by atomic mass is 16.4. The van der Waals surface area contributed by atoms with Crippen molar-refractivity contribution in [2.24, 2.45) is 0 Å². The topological polar surface area (TPSA) is 61.4 Å². The maximum atomic E-state index is 10.7. The Labute approximate surface area is 75.5 Å². The van der Waals surface area contributed by atoms with Gasteiger partial charge in [-0.1, -0.05) is 6.07 Å². The number of hydrazine groups is 1. The van der Waals surface area contributed by atoms with Crippen LogP contribution in [0.3, 0.4) is 0 Å². The first-order valence-corrected chi connectivity index (χ1v) is 4.08. The summed E-state index contributed by atoms with van der Waals surface area (Å²) in [5.74, 6) is -0.874. The summed E-state index contributed by atoms with van der Waals surface area (Å²) in [6.45, 7) is 1.42. The lowest BCUT2D eigenvalue weighted by molar-refractivity contribution is 0.0696. The third-order valence-electron chi connectivity index (χ3n) is 2.14. The van der Waals surface area contributed by atoms with E-state index >= 15 is 0 Å². The SMILES string of the molecule is O=C(O)c1ccc2c(c1)CNNC2. The van der Waals surface area contributed by atoms with Crippen LogP contribution >= 0.6 is 0 Å². The normalized spacial score (nSPS) is 15.1. The molecule has 0 aromatic heterocycles. The van der Waals surface area contributed by atoms with Gasteiger partial charge >= 0.3 is 5.97 Å². The number of carboxylic acids is 1. The Bertz CT molecular complexity index is 349. The van der Waals surface area contributed by atoms with Crippen LogP contribution in [0.25, 0.3) is 0 Å². The average Bonchev–Trinajstić information content (AvgIpc) is 2.17. The molecular weight excluding hydrogens is 168 g/mol. The average molecular weight is 178 g/mol. The summed E-state index contributed by atoms with van der Waals surface area (Å²) in [5, 5.41) is 8.75. The fourth-order valence-electron chi connectivity index (χ4n) is 1.41. The molecule has 0 radical (unpaired) electrons. The Hall–Kier alpha value is -1.39. The summed E-state index contributed by atoms with van der Waals surface area (Å²) in [6, 6.07) is 5.20. The molecule has 1 aliphatic heterocycles. The van der Waals surface area contributed by atoms with Gasteiger partial charge in [0.25, 0.3) is 0 Å². The maximum absolute atomic E-state index is 10.7. The number of hydrogen-bond acceptors (Lipinski definition) is 3. The molecule has 4 heteroatoms. The highest BCUT2D eigenvalue weighted by Crippen LogP contribution is 2.14. The largest absolute Gasteiger partial charge is 0.478 e. The molecule has 0 aliphatic carbocycles. The minimum atomic E-state index is -0.874. The van der Waals surface area contributed by atoms with E-state index in [9.17, 15) is 4.79 Å². The molecule has 68 valence electrons. The minimum Gasteiger partial charge on any atom is -0.478 e.